The van der Waals surface area contributed by atoms with Gasteiger partial charge in [-0.1, -0.05) is 13.0 Å². The first-order valence-corrected chi connectivity index (χ1v) is 16.4. The summed E-state index contributed by atoms with van der Waals surface area (Å²) in [5.74, 6) is 0.515. The highest BCUT2D eigenvalue weighted by atomic mass is 16.8. The molecule has 0 unspecified atom stereocenters. The lowest BCUT2D eigenvalue weighted by Gasteiger charge is -2.55. The molecule has 240 valence electrons. The third-order valence-electron chi connectivity index (χ3n) is 11.8. The van der Waals surface area contributed by atoms with Gasteiger partial charge in [-0.05, 0) is 120 Å². The zero-order valence-electron chi connectivity index (χ0n) is 26.6. The summed E-state index contributed by atoms with van der Waals surface area (Å²) in [6.07, 6.45) is 3.01. The molecule has 0 amide bonds. The van der Waals surface area contributed by atoms with E-state index in [0.29, 0.717) is 37.4 Å². The van der Waals surface area contributed by atoms with Gasteiger partial charge in [-0.3, -0.25) is 0 Å². The van der Waals surface area contributed by atoms with Crippen LogP contribution in [0.4, 0.5) is 0 Å². The van der Waals surface area contributed by atoms with E-state index in [1.54, 1.807) is 0 Å². The molecule has 7 rings (SSSR count). The highest BCUT2D eigenvalue weighted by Gasteiger charge is 2.71. The quantitative estimate of drug-likeness (QED) is 0.337. The highest BCUT2D eigenvalue weighted by molar-refractivity contribution is 5.41. The van der Waals surface area contributed by atoms with Crippen LogP contribution in [-0.2, 0) is 34.8 Å². The third kappa shape index (κ3) is 4.89. The molecule has 9 heteroatoms. The molecule has 1 aromatic rings. The second-order valence-corrected chi connectivity index (χ2v) is 15.1. The van der Waals surface area contributed by atoms with Gasteiger partial charge in [-0.25, -0.2) is 0 Å². The second kappa shape index (κ2) is 10.4. The summed E-state index contributed by atoms with van der Waals surface area (Å²) in [5.41, 5.74) is -0.126. The minimum absolute atomic E-state index is 0.146. The smallest absolute Gasteiger partial charge is 0.190 e. The lowest BCUT2D eigenvalue weighted by molar-refractivity contribution is -0.258. The van der Waals surface area contributed by atoms with Gasteiger partial charge in [0, 0.05) is 13.0 Å². The van der Waals surface area contributed by atoms with E-state index in [2.05, 4.69) is 25.1 Å². The Morgan fingerprint density at radius 2 is 1.74 bits per heavy atom. The maximum absolute atomic E-state index is 12.7. The first-order valence-electron chi connectivity index (χ1n) is 16.4. The van der Waals surface area contributed by atoms with Crippen molar-refractivity contribution in [3.05, 3.63) is 29.3 Å². The van der Waals surface area contributed by atoms with Crippen LogP contribution in [0.25, 0.3) is 0 Å². The fourth-order valence-electron chi connectivity index (χ4n) is 9.78. The number of aryl methyl sites for hydroxylation is 1. The molecule has 0 bridgehead atoms. The van der Waals surface area contributed by atoms with Crippen molar-refractivity contribution in [2.24, 2.45) is 17.3 Å². The number of aliphatic hydroxyl groups is 2. The van der Waals surface area contributed by atoms with Crippen molar-refractivity contribution >= 4 is 0 Å². The highest BCUT2D eigenvalue weighted by Crippen LogP contribution is 2.66. The summed E-state index contributed by atoms with van der Waals surface area (Å²) in [4.78, 5) is 0. The molecule has 2 N–H and O–H groups in total. The SMILES string of the molecule is CCOCOc1ccc2c(c1)CC[C@@H]1[C@@H]2CC[C@@]2(C)[C@H]1CC[C@@]2(O)C[C@@]1(O)[C@@H]([C@H]2COC(C)(C)O2)O[C@@H]2OC(C)(C)O[C@@H]21. The van der Waals surface area contributed by atoms with Gasteiger partial charge in [0.05, 0.1) is 12.2 Å². The standard InChI is InChI=1S/C34H50O9/c1-7-37-19-38-21-9-11-22-20(16-21)8-10-24-23(22)12-14-32(6)25(24)13-15-33(32,35)18-34(36)27(26-17-39-30(2,3)41-26)40-29-28(34)42-31(4,5)43-29/h9,11,16,23-29,35-36H,7-8,10,12-15,17-19H2,1-6H3/t23-,24-,25+,26-,27-,28+,29-,32+,33-,34-/m1/s1. The maximum atomic E-state index is 12.7. The molecule has 43 heavy (non-hydrogen) atoms. The number of fused-ring (bicyclic) bond motifs is 6. The minimum Gasteiger partial charge on any atom is -0.468 e. The summed E-state index contributed by atoms with van der Waals surface area (Å²) in [5, 5.41) is 25.3. The van der Waals surface area contributed by atoms with Crippen molar-refractivity contribution in [3.63, 3.8) is 0 Å². The molecule has 3 aliphatic heterocycles. The Bertz CT molecular complexity index is 1220. The van der Waals surface area contributed by atoms with Crippen molar-refractivity contribution in [1.29, 1.82) is 0 Å². The molecule has 3 aliphatic carbocycles. The van der Waals surface area contributed by atoms with Crippen molar-refractivity contribution in [2.45, 2.75) is 140 Å². The van der Waals surface area contributed by atoms with E-state index in [1.807, 2.05) is 34.6 Å². The van der Waals surface area contributed by atoms with E-state index in [1.165, 1.54) is 11.1 Å². The predicted molar refractivity (Wildman–Crippen MR) is 156 cm³/mol. The van der Waals surface area contributed by atoms with Gasteiger partial charge in [0.1, 0.15) is 29.7 Å². The van der Waals surface area contributed by atoms with Gasteiger partial charge in [0.2, 0.25) is 0 Å². The molecule has 1 aromatic carbocycles. The van der Waals surface area contributed by atoms with Crippen LogP contribution >= 0.6 is 0 Å². The van der Waals surface area contributed by atoms with Gasteiger partial charge in [0.25, 0.3) is 0 Å². The van der Waals surface area contributed by atoms with Gasteiger partial charge < -0.3 is 43.4 Å². The van der Waals surface area contributed by atoms with E-state index < -0.39 is 47.4 Å². The summed E-state index contributed by atoms with van der Waals surface area (Å²) < 4.78 is 42.0. The predicted octanol–water partition coefficient (Wildman–Crippen LogP) is 4.80. The number of ether oxygens (including phenoxy) is 7. The minimum atomic E-state index is -1.51. The molecule has 5 fully saturated rings. The van der Waals surface area contributed by atoms with E-state index in [-0.39, 0.29) is 18.6 Å². The van der Waals surface area contributed by atoms with Crippen molar-refractivity contribution < 1.29 is 43.4 Å². The average molecular weight is 603 g/mol. The molecular formula is C34H50O9. The number of benzene rings is 1. The van der Waals surface area contributed by atoms with Crippen LogP contribution < -0.4 is 4.74 Å². The maximum Gasteiger partial charge on any atom is 0.190 e. The fourth-order valence-corrected chi connectivity index (χ4v) is 9.78. The molecule has 6 aliphatic rings. The van der Waals surface area contributed by atoms with Gasteiger partial charge in [-0.15, -0.1) is 0 Å². The van der Waals surface area contributed by atoms with Crippen LogP contribution in [0.3, 0.4) is 0 Å². The average Bonchev–Trinajstić information content (AvgIpc) is 3.62. The number of hydrogen-bond donors (Lipinski definition) is 2. The topological polar surface area (TPSA) is 105 Å². The van der Waals surface area contributed by atoms with Crippen LogP contribution in [-0.4, -0.2) is 77.6 Å². The molecule has 2 saturated carbocycles. The summed E-state index contributed by atoms with van der Waals surface area (Å²) >= 11 is 0. The van der Waals surface area contributed by atoms with Crippen LogP contribution in [0, 0.1) is 17.3 Å². The van der Waals surface area contributed by atoms with E-state index in [4.69, 9.17) is 33.2 Å². The molecule has 0 aromatic heterocycles. The lowest BCUT2D eigenvalue weighted by Crippen LogP contribution is -2.61. The van der Waals surface area contributed by atoms with Gasteiger partial charge in [-0.2, -0.15) is 0 Å². The van der Waals surface area contributed by atoms with Crippen molar-refractivity contribution in [3.8, 4) is 5.75 Å². The Hall–Kier alpha value is -1.30. The van der Waals surface area contributed by atoms with Gasteiger partial charge in [0.15, 0.2) is 24.7 Å². The second-order valence-electron chi connectivity index (χ2n) is 15.1. The molecule has 9 nitrogen and oxygen atoms in total. The van der Waals surface area contributed by atoms with Crippen LogP contribution in [0.1, 0.15) is 97.1 Å². The molecule has 10 atom stereocenters. The summed E-state index contributed by atoms with van der Waals surface area (Å²) in [7, 11) is 0. The molecule has 3 heterocycles. The zero-order valence-corrected chi connectivity index (χ0v) is 26.6. The molecular weight excluding hydrogens is 552 g/mol. The largest absolute Gasteiger partial charge is 0.468 e. The first kappa shape index (κ1) is 30.4. The molecule has 0 radical (unpaired) electrons. The third-order valence-corrected chi connectivity index (χ3v) is 11.8. The summed E-state index contributed by atoms with van der Waals surface area (Å²) in [6.45, 7) is 12.8. The lowest BCUT2D eigenvalue weighted by atomic mass is 9.52. The van der Waals surface area contributed by atoms with Gasteiger partial charge >= 0.3 is 0 Å². The number of hydrogen-bond acceptors (Lipinski definition) is 9. The van der Waals surface area contributed by atoms with Crippen LogP contribution in [0.2, 0.25) is 0 Å². The van der Waals surface area contributed by atoms with Crippen molar-refractivity contribution in [1.82, 2.24) is 0 Å². The molecule has 3 saturated heterocycles. The molecule has 0 spiro atoms. The zero-order chi connectivity index (χ0) is 30.4. The first-order chi connectivity index (χ1) is 20.3. The normalized spacial score (nSPS) is 45.8. The summed E-state index contributed by atoms with van der Waals surface area (Å²) in [6, 6.07) is 6.52. The van der Waals surface area contributed by atoms with Crippen molar-refractivity contribution in [2.75, 3.05) is 20.0 Å². The Morgan fingerprint density at radius 1 is 0.930 bits per heavy atom. The Labute approximate surface area is 255 Å². The van der Waals surface area contributed by atoms with E-state index in [0.717, 1.165) is 37.9 Å². The Kier molecular flexibility index (Phi) is 7.31. The van der Waals surface area contributed by atoms with Crippen LogP contribution in [0.15, 0.2) is 18.2 Å². The Morgan fingerprint density at radius 3 is 2.49 bits per heavy atom. The number of rotatable bonds is 7. The fraction of sp³-hybridized carbons (Fsp3) is 0.824. The van der Waals surface area contributed by atoms with Crippen LogP contribution in [0.5, 0.6) is 5.75 Å². The Balaban J connectivity index is 1.14. The van der Waals surface area contributed by atoms with E-state index >= 15 is 0 Å². The van der Waals surface area contributed by atoms with E-state index in [9.17, 15) is 10.2 Å². The monoisotopic (exact) mass is 602 g/mol.